The molecule has 1 aliphatic carbocycles. The lowest BCUT2D eigenvalue weighted by molar-refractivity contribution is -0.120. The third-order valence-corrected chi connectivity index (χ3v) is 8.34. The highest BCUT2D eigenvalue weighted by atomic mass is 16.6. The van der Waals surface area contributed by atoms with Crippen molar-refractivity contribution in [2.24, 2.45) is 11.7 Å². The van der Waals surface area contributed by atoms with Crippen LogP contribution in [0.2, 0.25) is 0 Å². The van der Waals surface area contributed by atoms with E-state index in [0.29, 0.717) is 56.3 Å². The van der Waals surface area contributed by atoms with Crippen molar-refractivity contribution in [3.05, 3.63) is 23.8 Å². The molecule has 1 heterocycles. The molecule has 0 bridgehead atoms. The molecule has 1 aromatic carbocycles. The minimum atomic E-state index is -0.640. The zero-order valence-electron chi connectivity index (χ0n) is 27.8. The van der Waals surface area contributed by atoms with Crippen molar-refractivity contribution in [3.63, 3.8) is 0 Å². The summed E-state index contributed by atoms with van der Waals surface area (Å²) < 4.78 is 22.3. The summed E-state index contributed by atoms with van der Waals surface area (Å²) in [7, 11) is 3.21. The van der Waals surface area contributed by atoms with Gasteiger partial charge in [0.25, 0.3) is 5.91 Å². The van der Waals surface area contributed by atoms with Gasteiger partial charge in [-0.3, -0.25) is 14.5 Å². The number of carbonyl (C=O) groups excluding carboxylic acids is 3. The molecule has 2 N–H and O–H groups in total. The van der Waals surface area contributed by atoms with Gasteiger partial charge >= 0.3 is 6.09 Å². The molecule has 11 heteroatoms. The number of likely N-dealkylation sites (tertiary alicyclic amines) is 1. The highest BCUT2D eigenvalue weighted by Crippen LogP contribution is 2.33. The van der Waals surface area contributed by atoms with Gasteiger partial charge in [0.15, 0.2) is 11.5 Å². The highest BCUT2D eigenvalue weighted by molar-refractivity contribution is 5.95. The fourth-order valence-electron chi connectivity index (χ4n) is 6.25. The first-order valence-electron chi connectivity index (χ1n) is 16.0. The lowest BCUT2D eigenvalue weighted by Gasteiger charge is -2.41. The van der Waals surface area contributed by atoms with Crippen molar-refractivity contribution in [3.8, 4) is 11.5 Å². The van der Waals surface area contributed by atoms with Crippen LogP contribution in [-0.2, 0) is 14.3 Å². The first kappa shape index (κ1) is 35.4. The van der Waals surface area contributed by atoms with E-state index in [1.807, 2.05) is 39.5 Å². The van der Waals surface area contributed by atoms with Crippen LogP contribution in [0.3, 0.4) is 0 Å². The molecule has 44 heavy (non-hydrogen) atoms. The van der Waals surface area contributed by atoms with E-state index in [2.05, 4.69) is 4.90 Å². The van der Waals surface area contributed by atoms with E-state index >= 15 is 0 Å². The van der Waals surface area contributed by atoms with Crippen LogP contribution >= 0.6 is 0 Å². The Kier molecular flexibility index (Phi) is 13.1. The Morgan fingerprint density at radius 1 is 1.02 bits per heavy atom. The van der Waals surface area contributed by atoms with Gasteiger partial charge in [0.05, 0.1) is 20.3 Å². The number of nitrogens with two attached hydrogens (primary N) is 1. The second kappa shape index (κ2) is 16.3. The average Bonchev–Trinajstić information content (AvgIpc) is 3.39. The van der Waals surface area contributed by atoms with Gasteiger partial charge in [-0.05, 0) is 65.7 Å². The zero-order chi connectivity index (χ0) is 32.4. The van der Waals surface area contributed by atoms with Gasteiger partial charge in [0.1, 0.15) is 5.60 Å². The largest absolute Gasteiger partial charge is 0.493 e. The molecule has 11 nitrogen and oxygen atoms in total. The number of amides is 3. The van der Waals surface area contributed by atoms with Crippen LogP contribution in [0.4, 0.5) is 4.79 Å². The molecular weight excluding hydrogens is 564 g/mol. The predicted molar refractivity (Wildman–Crippen MR) is 169 cm³/mol. The molecule has 3 rings (SSSR count). The van der Waals surface area contributed by atoms with Gasteiger partial charge in [-0.2, -0.15) is 0 Å². The van der Waals surface area contributed by atoms with Crippen LogP contribution < -0.4 is 15.2 Å². The summed E-state index contributed by atoms with van der Waals surface area (Å²) in [4.78, 5) is 45.4. The first-order chi connectivity index (χ1) is 20.8. The molecule has 1 aliphatic heterocycles. The summed E-state index contributed by atoms with van der Waals surface area (Å²) in [6, 6.07) is 5.15. The van der Waals surface area contributed by atoms with E-state index in [9.17, 15) is 14.4 Å². The second-order valence-electron chi connectivity index (χ2n) is 13.3. The molecule has 0 aromatic heterocycles. The molecule has 2 atom stereocenters. The van der Waals surface area contributed by atoms with E-state index in [1.54, 1.807) is 37.3 Å². The summed E-state index contributed by atoms with van der Waals surface area (Å²) >= 11 is 0. The standard InChI is InChI=1S/C33H54N4O7/c1-23(2)36(31(39)24-14-15-28(42-7)29(18-24)43-17-11-16-41-6)20-25-19-35(32(40)44-33(3,4)5)21-27(25)37(22-30(34)38)26-12-9-8-10-13-26/h14-15,18,23,25-27H,8-13,16-17,19-22H2,1-7H3,(H2,34,38)/t25-,27+/m0/s1. The van der Waals surface area contributed by atoms with Crippen molar-refractivity contribution < 1.29 is 33.3 Å². The number of benzene rings is 1. The maximum absolute atomic E-state index is 14.1. The molecular formula is C33H54N4O7. The average molecular weight is 619 g/mol. The number of carbonyl (C=O) groups is 3. The van der Waals surface area contributed by atoms with Gasteiger partial charge in [0, 0.05) is 69.4 Å². The van der Waals surface area contributed by atoms with E-state index in [4.69, 9.17) is 24.7 Å². The number of ether oxygens (including phenoxy) is 4. The molecule has 2 fully saturated rings. The van der Waals surface area contributed by atoms with Crippen LogP contribution in [0.5, 0.6) is 11.5 Å². The summed E-state index contributed by atoms with van der Waals surface area (Å²) in [5.41, 5.74) is 5.62. The number of nitrogens with zero attached hydrogens (tertiary/aromatic N) is 3. The molecule has 2 aliphatic rings. The normalized spacial score (nSPS) is 19.3. The van der Waals surface area contributed by atoms with Gasteiger partial charge in [-0.25, -0.2) is 4.79 Å². The maximum Gasteiger partial charge on any atom is 0.410 e. The third-order valence-electron chi connectivity index (χ3n) is 8.34. The smallest absolute Gasteiger partial charge is 0.410 e. The Labute approximate surface area is 263 Å². The van der Waals surface area contributed by atoms with Gasteiger partial charge < -0.3 is 34.5 Å². The predicted octanol–water partition coefficient (Wildman–Crippen LogP) is 4.32. The third kappa shape index (κ3) is 9.99. The van der Waals surface area contributed by atoms with Gasteiger partial charge in [-0.15, -0.1) is 0 Å². The molecule has 0 radical (unpaired) electrons. The molecule has 248 valence electrons. The zero-order valence-corrected chi connectivity index (χ0v) is 27.8. The van der Waals surface area contributed by atoms with Crippen LogP contribution in [0, 0.1) is 5.92 Å². The number of hydrogen-bond donors (Lipinski definition) is 1. The lowest BCUT2D eigenvalue weighted by Crippen LogP contribution is -2.53. The summed E-state index contributed by atoms with van der Waals surface area (Å²) in [5, 5.41) is 0. The van der Waals surface area contributed by atoms with Crippen LogP contribution in [0.1, 0.15) is 83.5 Å². The maximum atomic E-state index is 14.1. The number of primary amides is 1. The fourth-order valence-corrected chi connectivity index (χ4v) is 6.25. The Balaban J connectivity index is 1.91. The van der Waals surface area contributed by atoms with Crippen molar-refractivity contribution in [1.29, 1.82) is 0 Å². The van der Waals surface area contributed by atoms with Crippen molar-refractivity contribution in [2.45, 2.75) is 96.9 Å². The van der Waals surface area contributed by atoms with E-state index in [-0.39, 0.29) is 42.6 Å². The van der Waals surface area contributed by atoms with Gasteiger partial charge in [-0.1, -0.05) is 19.3 Å². The Morgan fingerprint density at radius 2 is 1.73 bits per heavy atom. The van der Waals surface area contributed by atoms with Crippen LogP contribution in [-0.4, -0.2) is 110 Å². The lowest BCUT2D eigenvalue weighted by atomic mass is 9.90. The number of methoxy groups -OCH3 is 2. The number of rotatable bonds is 14. The SMILES string of the molecule is COCCCOc1cc(C(=O)N(C[C@@H]2CN(C(=O)OC(C)(C)C)C[C@H]2N(CC(N)=O)C2CCCCC2)C(C)C)ccc1OC. The molecule has 1 aromatic rings. The van der Waals surface area contributed by atoms with Crippen LogP contribution in [0.25, 0.3) is 0 Å². The van der Waals surface area contributed by atoms with Crippen LogP contribution in [0.15, 0.2) is 18.2 Å². The minimum Gasteiger partial charge on any atom is -0.493 e. The van der Waals surface area contributed by atoms with Crippen molar-refractivity contribution in [1.82, 2.24) is 14.7 Å². The highest BCUT2D eigenvalue weighted by Gasteiger charge is 2.44. The van der Waals surface area contributed by atoms with Crippen molar-refractivity contribution >= 4 is 17.9 Å². The molecule has 1 saturated carbocycles. The Hall–Kier alpha value is -3.05. The number of hydrogen-bond acceptors (Lipinski definition) is 8. The van der Waals surface area contributed by atoms with Gasteiger partial charge in [0.2, 0.25) is 5.91 Å². The summed E-state index contributed by atoms with van der Waals surface area (Å²) in [6.45, 7) is 11.9. The quantitative estimate of drug-likeness (QED) is 0.306. The summed E-state index contributed by atoms with van der Waals surface area (Å²) in [5.74, 6) is 0.403. The Morgan fingerprint density at radius 3 is 2.32 bits per heavy atom. The summed E-state index contributed by atoms with van der Waals surface area (Å²) in [6.07, 6.45) is 5.64. The molecule has 0 spiro atoms. The van der Waals surface area contributed by atoms with E-state index < -0.39 is 11.5 Å². The Bertz CT molecular complexity index is 1100. The topological polar surface area (TPSA) is 124 Å². The molecule has 0 unspecified atom stereocenters. The van der Waals surface area contributed by atoms with Crippen molar-refractivity contribution in [2.75, 3.05) is 53.6 Å². The monoisotopic (exact) mass is 618 g/mol. The second-order valence-corrected chi connectivity index (χ2v) is 13.3. The minimum absolute atomic E-state index is 0.113. The van der Waals surface area contributed by atoms with E-state index in [0.717, 1.165) is 25.7 Å². The fraction of sp³-hybridized carbons (Fsp3) is 0.727. The molecule has 3 amide bonds. The molecule has 1 saturated heterocycles. The van der Waals surface area contributed by atoms with E-state index in [1.165, 1.54) is 6.42 Å². The first-order valence-corrected chi connectivity index (χ1v) is 16.0.